The van der Waals surface area contributed by atoms with E-state index in [4.69, 9.17) is 11.5 Å². The molecule has 15 heavy (non-hydrogen) atoms. The topological polar surface area (TPSA) is 74.2 Å². The zero-order valence-electron chi connectivity index (χ0n) is 7.31. The molecule has 0 aromatic carbocycles. The number of hydrogen-bond acceptors (Lipinski definition) is 4. The summed E-state index contributed by atoms with van der Waals surface area (Å²) in [5.41, 5.74) is 11.2. The standard InChI is InChI=1S/C7H7F3IN3O/c8-7(9,10)15-6-3(11)1-4(13)5(2-12)14-6/h1H,2,12-13H2. The number of ether oxygens (including phenoxy) is 1. The zero-order valence-corrected chi connectivity index (χ0v) is 9.46. The normalized spacial score (nSPS) is 11.5. The molecular weight excluding hydrogens is 326 g/mol. The summed E-state index contributed by atoms with van der Waals surface area (Å²) < 4.78 is 39.7. The van der Waals surface area contributed by atoms with Crippen LogP contribution in [0.2, 0.25) is 0 Å². The van der Waals surface area contributed by atoms with Gasteiger partial charge in [-0.3, -0.25) is 0 Å². The van der Waals surface area contributed by atoms with Crippen molar-refractivity contribution in [3.63, 3.8) is 0 Å². The SMILES string of the molecule is NCc1nc(OC(F)(F)F)c(I)cc1N. The zero-order chi connectivity index (χ0) is 11.6. The van der Waals surface area contributed by atoms with E-state index in [9.17, 15) is 13.2 Å². The minimum atomic E-state index is -4.77. The molecule has 4 N–H and O–H groups in total. The van der Waals surface area contributed by atoms with E-state index in [0.29, 0.717) is 0 Å². The van der Waals surface area contributed by atoms with Crippen LogP contribution in [0.15, 0.2) is 6.07 Å². The van der Waals surface area contributed by atoms with Crippen molar-refractivity contribution in [2.45, 2.75) is 12.9 Å². The van der Waals surface area contributed by atoms with Gasteiger partial charge >= 0.3 is 6.36 Å². The van der Waals surface area contributed by atoms with Crippen LogP contribution in [0.3, 0.4) is 0 Å². The van der Waals surface area contributed by atoms with Gasteiger partial charge in [-0.25, -0.2) is 4.98 Å². The Morgan fingerprint density at radius 1 is 1.47 bits per heavy atom. The van der Waals surface area contributed by atoms with Crippen molar-refractivity contribution < 1.29 is 17.9 Å². The lowest BCUT2D eigenvalue weighted by molar-refractivity contribution is -0.276. The van der Waals surface area contributed by atoms with E-state index in [1.54, 1.807) is 22.6 Å². The first kappa shape index (κ1) is 12.3. The summed E-state index contributed by atoms with van der Waals surface area (Å²) >= 11 is 1.65. The summed E-state index contributed by atoms with van der Waals surface area (Å²) in [4.78, 5) is 3.58. The highest BCUT2D eigenvalue weighted by atomic mass is 127. The molecule has 4 nitrogen and oxygen atoms in total. The molecule has 1 aromatic rings. The van der Waals surface area contributed by atoms with Crippen molar-refractivity contribution in [1.29, 1.82) is 0 Å². The number of anilines is 1. The molecular formula is C7H7F3IN3O. The van der Waals surface area contributed by atoms with E-state index in [0.717, 1.165) is 0 Å². The third-order valence-corrected chi connectivity index (χ3v) is 2.23. The third kappa shape index (κ3) is 3.38. The summed E-state index contributed by atoms with van der Waals surface area (Å²) in [5, 5.41) is 0. The summed E-state index contributed by atoms with van der Waals surface area (Å²) in [6, 6.07) is 1.33. The second-order valence-corrected chi connectivity index (χ2v) is 3.73. The number of aromatic nitrogens is 1. The van der Waals surface area contributed by atoms with Crippen LogP contribution in [0, 0.1) is 3.57 Å². The third-order valence-electron chi connectivity index (χ3n) is 1.46. The summed E-state index contributed by atoms with van der Waals surface area (Å²) in [5.74, 6) is -0.530. The van der Waals surface area contributed by atoms with E-state index in [1.807, 2.05) is 0 Å². The molecule has 0 saturated heterocycles. The van der Waals surface area contributed by atoms with Gasteiger partial charge in [0.15, 0.2) is 0 Å². The number of hydrogen-bond donors (Lipinski definition) is 2. The predicted octanol–water partition coefficient (Wildman–Crippen LogP) is 1.63. The fourth-order valence-electron chi connectivity index (χ4n) is 0.867. The van der Waals surface area contributed by atoms with Crippen LogP contribution < -0.4 is 16.2 Å². The summed E-state index contributed by atoms with van der Waals surface area (Å²) in [6.45, 7) is -0.0447. The first-order chi connectivity index (χ1) is 6.83. The predicted molar refractivity (Wildman–Crippen MR) is 55.9 cm³/mol. The number of rotatable bonds is 2. The minimum Gasteiger partial charge on any atom is -0.397 e. The monoisotopic (exact) mass is 333 g/mol. The lowest BCUT2D eigenvalue weighted by Crippen LogP contribution is -2.19. The molecule has 1 rings (SSSR count). The maximum absolute atomic E-state index is 11.9. The highest BCUT2D eigenvalue weighted by molar-refractivity contribution is 14.1. The Labute approximate surface area is 96.9 Å². The van der Waals surface area contributed by atoms with E-state index in [-0.39, 0.29) is 21.5 Å². The van der Waals surface area contributed by atoms with Gasteiger partial charge in [0.1, 0.15) is 0 Å². The largest absolute Gasteiger partial charge is 0.574 e. The van der Waals surface area contributed by atoms with Crippen molar-refractivity contribution >= 4 is 28.3 Å². The van der Waals surface area contributed by atoms with Crippen LogP contribution in [0.4, 0.5) is 18.9 Å². The number of nitrogen functional groups attached to an aromatic ring is 1. The van der Waals surface area contributed by atoms with Crippen LogP contribution in [-0.4, -0.2) is 11.3 Å². The molecule has 0 fully saturated rings. The van der Waals surface area contributed by atoms with Gasteiger partial charge in [-0.05, 0) is 28.7 Å². The van der Waals surface area contributed by atoms with Crippen LogP contribution in [0.5, 0.6) is 5.88 Å². The van der Waals surface area contributed by atoms with E-state index in [1.165, 1.54) is 6.07 Å². The number of alkyl halides is 3. The second kappa shape index (κ2) is 4.39. The van der Waals surface area contributed by atoms with Crippen LogP contribution in [0.1, 0.15) is 5.69 Å². The van der Waals surface area contributed by atoms with Crippen LogP contribution in [-0.2, 0) is 6.54 Å². The molecule has 1 aromatic heterocycles. The average Bonchev–Trinajstić information content (AvgIpc) is 2.07. The maximum atomic E-state index is 11.9. The molecule has 0 amide bonds. The Balaban J connectivity index is 3.08. The lowest BCUT2D eigenvalue weighted by atomic mass is 10.3. The highest BCUT2D eigenvalue weighted by Crippen LogP contribution is 2.28. The Morgan fingerprint density at radius 3 is 2.53 bits per heavy atom. The Kier molecular flexibility index (Phi) is 3.60. The fraction of sp³-hybridized carbons (Fsp3) is 0.286. The highest BCUT2D eigenvalue weighted by Gasteiger charge is 2.33. The van der Waals surface area contributed by atoms with Crippen molar-refractivity contribution in [3.05, 3.63) is 15.3 Å². The maximum Gasteiger partial charge on any atom is 0.574 e. The molecule has 0 aliphatic rings. The smallest absolute Gasteiger partial charge is 0.397 e. The molecule has 8 heteroatoms. The Hall–Kier alpha value is -0.770. The molecule has 0 atom stereocenters. The van der Waals surface area contributed by atoms with Gasteiger partial charge in [0.25, 0.3) is 0 Å². The van der Waals surface area contributed by atoms with Crippen LogP contribution >= 0.6 is 22.6 Å². The van der Waals surface area contributed by atoms with Gasteiger partial charge < -0.3 is 16.2 Å². The molecule has 0 spiro atoms. The van der Waals surface area contributed by atoms with Crippen molar-refractivity contribution in [2.75, 3.05) is 5.73 Å². The Bertz CT molecular complexity index is 369. The van der Waals surface area contributed by atoms with Gasteiger partial charge in [0.2, 0.25) is 5.88 Å². The summed E-state index contributed by atoms with van der Waals surface area (Å²) in [6.07, 6.45) is -4.77. The van der Waals surface area contributed by atoms with Crippen LogP contribution in [0.25, 0.3) is 0 Å². The van der Waals surface area contributed by atoms with Gasteiger partial charge in [0, 0.05) is 6.54 Å². The number of nitrogens with two attached hydrogens (primary N) is 2. The molecule has 0 aliphatic heterocycles. The van der Waals surface area contributed by atoms with Gasteiger partial charge in [-0.15, -0.1) is 13.2 Å². The van der Waals surface area contributed by atoms with Gasteiger partial charge in [-0.1, -0.05) is 0 Å². The lowest BCUT2D eigenvalue weighted by Gasteiger charge is -2.11. The molecule has 1 heterocycles. The first-order valence-corrected chi connectivity index (χ1v) is 4.82. The quantitative estimate of drug-likeness (QED) is 0.807. The van der Waals surface area contributed by atoms with Crippen molar-refractivity contribution in [2.24, 2.45) is 5.73 Å². The molecule has 84 valence electrons. The number of pyridine rings is 1. The molecule has 0 saturated carbocycles. The molecule has 0 radical (unpaired) electrons. The number of nitrogens with zero attached hydrogens (tertiary/aromatic N) is 1. The minimum absolute atomic E-state index is 0.0447. The second-order valence-electron chi connectivity index (χ2n) is 2.56. The first-order valence-electron chi connectivity index (χ1n) is 3.74. The van der Waals surface area contributed by atoms with E-state index in [2.05, 4.69) is 9.72 Å². The van der Waals surface area contributed by atoms with Gasteiger partial charge in [0.05, 0.1) is 15.0 Å². The average molecular weight is 333 g/mol. The van der Waals surface area contributed by atoms with Gasteiger partial charge in [-0.2, -0.15) is 0 Å². The van der Waals surface area contributed by atoms with Crippen molar-refractivity contribution in [1.82, 2.24) is 4.98 Å². The number of halogens is 4. The van der Waals surface area contributed by atoms with E-state index < -0.39 is 12.2 Å². The summed E-state index contributed by atoms with van der Waals surface area (Å²) in [7, 11) is 0. The molecule has 0 bridgehead atoms. The molecule has 0 unspecified atom stereocenters. The Morgan fingerprint density at radius 2 is 2.07 bits per heavy atom. The molecule has 0 aliphatic carbocycles. The fourth-order valence-corrected chi connectivity index (χ4v) is 1.43. The van der Waals surface area contributed by atoms with Crippen molar-refractivity contribution in [3.8, 4) is 5.88 Å². The van der Waals surface area contributed by atoms with E-state index >= 15 is 0 Å².